The third kappa shape index (κ3) is 4.02. The number of hydrogen-bond donors (Lipinski definition) is 1. The molecule has 0 aliphatic rings. The second-order valence-corrected chi connectivity index (χ2v) is 6.35. The van der Waals surface area contributed by atoms with Crippen molar-refractivity contribution >= 4 is 34.2 Å². The molecule has 0 radical (unpaired) electrons. The lowest BCUT2D eigenvalue weighted by Gasteiger charge is -2.12. The average molecular weight is 489 g/mol. The number of para-hydroxylation sites is 1. The number of carbonyl (C=O) groups is 1. The number of methoxy groups -OCH3 is 1. The van der Waals surface area contributed by atoms with Gasteiger partial charge in [-0.3, -0.25) is 4.79 Å². The molecular weight excluding hydrogens is 478 g/mol. The molecule has 3 rings (SSSR count). The predicted molar refractivity (Wildman–Crippen MR) is 97.8 cm³/mol. The minimum atomic E-state index is -4.84. The van der Waals surface area contributed by atoms with Gasteiger partial charge in [-0.1, -0.05) is 12.1 Å². The van der Waals surface area contributed by atoms with E-state index >= 15 is 0 Å². The number of anilines is 1. The van der Waals surface area contributed by atoms with Crippen LogP contribution in [0.4, 0.5) is 18.9 Å². The summed E-state index contributed by atoms with van der Waals surface area (Å²) in [6.45, 7) is 0. The highest BCUT2D eigenvalue weighted by Crippen LogP contribution is 2.34. The summed E-state index contributed by atoms with van der Waals surface area (Å²) in [5, 5.41) is 13.4. The number of amides is 1. The largest absolute Gasteiger partial charge is 0.480 e. The lowest BCUT2D eigenvalue weighted by atomic mass is 10.2. The van der Waals surface area contributed by atoms with Gasteiger partial charge in [-0.2, -0.15) is 18.3 Å². The van der Waals surface area contributed by atoms with Crippen LogP contribution in [0.2, 0.25) is 0 Å². The molecule has 0 aliphatic heterocycles. The van der Waals surface area contributed by atoms with Crippen molar-refractivity contribution in [3.05, 3.63) is 57.4 Å². The van der Waals surface area contributed by atoms with Crippen molar-refractivity contribution in [2.45, 2.75) is 6.18 Å². The molecule has 1 aromatic carbocycles. The van der Waals surface area contributed by atoms with E-state index in [-0.39, 0.29) is 11.7 Å². The van der Waals surface area contributed by atoms with E-state index in [4.69, 9.17) is 4.74 Å². The fraction of sp³-hybridized carbons (Fsp3) is 0.125. The number of hydrogen-bond acceptors (Lipinski definition) is 5. The van der Waals surface area contributed by atoms with Gasteiger partial charge in [0.2, 0.25) is 5.88 Å². The number of benzene rings is 1. The standard InChI is InChI=1S/C16H11F3IN5O2/c1-27-13-7-6-12(23-24-13)25-14(16(17,18)19)9(8-21-25)15(26)22-11-5-3-2-4-10(11)20/h2-8H,1H3,(H,22,26). The number of halogens is 4. The first-order valence-corrected chi connectivity index (χ1v) is 8.48. The maximum atomic E-state index is 13.6. The number of nitrogens with one attached hydrogen (secondary N) is 1. The van der Waals surface area contributed by atoms with E-state index in [2.05, 4.69) is 20.6 Å². The summed E-state index contributed by atoms with van der Waals surface area (Å²) in [5.41, 5.74) is -1.47. The Bertz CT molecular complexity index is 973. The van der Waals surface area contributed by atoms with E-state index in [0.717, 1.165) is 6.20 Å². The third-order valence-electron chi connectivity index (χ3n) is 3.46. The molecule has 140 valence electrons. The van der Waals surface area contributed by atoms with Crippen LogP contribution in [0, 0.1) is 3.57 Å². The maximum Gasteiger partial charge on any atom is 0.434 e. The van der Waals surface area contributed by atoms with Gasteiger partial charge in [0, 0.05) is 9.64 Å². The highest BCUT2D eigenvalue weighted by atomic mass is 127. The van der Waals surface area contributed by atoms with Crippen molar-refractivity contribution in [3.63, 3.8) is 0 Å². The number of ether oxygens (including phenoxy) is 1. The van der Waals surface area contributed by atoms with Gasteiger partial charge in [-0.05, 0) is 40.8 Å². The molecule has 11 heteroatoms. The molecular formula is C16H11F3IN5O2. The van der Waals surface area contributed by atoms with E-state index in [1.165, 1.54) is 19.2 Å². The Morgan fingerprint density at radius 2 is 1.93 bits per heavy atom. The maximum absolute atomic E-state index is 13.6. The Kier molecular flexibility index (Phi) is 5.30. The molecule has 2 heterocycles. The van der Waals surface area contributed by atoms with E-state index in [0.29, 0.717) is 13.9 Å². The van der Waals surface area contributed by atoms with Crippen molar-refractivity contribution in [1.82, 2.24) is 20.0 Å². The molecule has 1 amide bonds. The fourth-order valence-corrected chi connectivity index (χ4v) is 2.77. The zero-order valence-corrected chi connectivity index (χ0v) is 15.8. The Balaban J connectivity index is 2.02. The monoisotopic (exact) mass is 489 g/mol. The molecule has 7 nitrogen and oxygen atoms in total. The molecule has 0 saturated carbocycles. The first kappa shape index (κ1) is 19.1. The predicted octanol–water partition coefficient (Wildman–Crippen LogP) is 3.55. The SMILES string of the molecule is COc1ccc(-n2ncc(C(=O)Nc3ccccc3I)c2C(F)(F)F)nn1. The Morgan fingerprint density at radius 3 is 2.52 bits per heavy atom. The third-order valence-corrected chi connectivity index (χ3v) is 4.40. The minimum Gasteiger partial charge on any atom is -0.480 e. The molecule has 1 N–H and O–H groups in total. The van der Waals surface area contributed by atoms with E-state index < -0.39 is 23.3 Å². The van der Waals surface area contributed by atoms with Gasteiger partial charge in [-0.15, -0.1) is 10.2 Å². The number of aromatic nitrogens is 4. The highest BCUT2D eigenvalue weighted by Gasteiger charge is 2.41. The molecule has 0 bridgehead atoms. The van der Waals surface area contributed by atoms with Crippen molar-refractivity contribution < 1.29 is 22.7 Å². The van der Waals surface area contributed by atoms with Gasteiger partial charge < -0.3 is 10.1 Å². The molecule has 0 aliphatic carbocycles. The molecule has 27 heavy (non-hydrogen) atoms. The quantitative estimate of drug-likeness (QED) is 0.568. The Labute approximate surface area is 164 Å². The van der Waals surface area contributed by atoms with Crippen molar-refractivity contribution in [2.75, 3.05) is 12.4 Å². The normalized spacial score (nSPS) is 11.3. The summed E-state index contributed by atoms with van der Waals surface area (Å²) in [7, 11) is 1.35. The summed E-state index contributed by atoms with van der Waals surface area (Å²) in [5.74, 6) is -0.994. The van der Waals surface area contributed by atoms with Crippen molar-refractivity contribution in [2.24, 2.45) is 0 Å². The summed E-state index contributed by atoms with van der Waals surface area (Å²) in [4.78, 5) is 12.5. The Morgan fingerprint density at radius 1 is 1.19 bits per heavy atom. The van der Waals surface area contributed by atoms with Gasteiger partial charge in [0.15, 0.2) is 11.5 Å². The molecule has 2 aromatic heterocycles. The molecule has 3 aromatic rings. The summed E-state index contributed by atoms with van der Waals surface area (Å²) in [6.07, 6.45) is -3.99. The van der Waals surface area contributed by atoms with Gasteiger partial charge in [0.05, 0.1) is 24.6 Å². The minimum absolute atomic E-state index is 0.135. The number of rotatable bonds is 4. The van der Waals surface area contributed by atoms with Crippen LogP contribution < -0.4 is 10.1 Å². The van der Waals surface area contributed by atoms with Crippen molar-refractivity contribution in [3.8, 4) is 11.7 Å². The van der Waals surface area contributed by atoms with Gasteiger partial charge >= 0.3 is 6.18 Å². The van der Waals surface area contributed by atoms with E-state index in [1.807, 2.05) is 22.6 Å². The molecule has 0 atom stereocenters. The van der Waals surface area contributed by atoms with Crippen LogP contribution in [0.3, 0.4) is 0 Å². The van der Waals surface area contributed by atoms with E-state index in [9.17, 15) is 18.0 Å². The lowest BCUT2D eigenvalue weighted by molar-refractivity contribution is -0.143. The van der Waals surface area contributed by atoms with Crippen LogP contribution in [0.25, 0.3) is 5.82 Å². The van der Waals surface area contributed by atoms with Gasteiger partial charge in [0.1, 0.15) is 0 Å². The molecule has 0 saturated heterocycles. The fourth-order valence-electron chi connectivity index (χ4n) is 2.25. The van der Waals surface area contributed by atoms with Crippen LogP contribution in [-0.2, 0) is 6.18 Å². The number of alkyl halides is 3. The summed E-state index contributed by atoms with van der Waals surface area (Å²) < 4.78 is 47.0. The first-order chi connectivity index (χ1) is 12.8. The molecule has 0 unspecified atom stereocenters. The second-order valence-electron chi connectivity index (χ2n) is 5.18. The average Bonchev–Trinajstić information content (AvgIpc) is 3.09. The lowest BCUT2D eigenvalue weighted by Crippen LogP contribution is -2.21. The van der Waals surface area contributed by atoms with Crippen LogP contribution >= 0.6 is 22.6 Å². The summed E-state index contributed by atoms with van der Waals surface area (Å²) in [6, 6.07) is 9.33. The smallest absolute Gasteiger partial charge is 0.434 e. The van der Waals surface area contributed by atoms with Gasteiger partial charge in [-0.25, -0.2) is 4.68 Å². The second kappa shape index (κ2) is 7.50. The van der Waals surface area contributed by atoms with Crippen molar-refractivity contribution in [1.29, 1.82) is 0 Å². The zero-order valence-electron chi connectivity index (χ0n) is 13.7. The number of carbonyl (C=O) groups excluding carboxylic acids is 1. The number of nitrogens with zero attached hydrogens (tertiary/aromatic N) is 4. The molecule has 0 fully saturated rings. The summed E-state index contributed by atoms with van der Waals surface area (Å²) >= 11 is 1.97. The van der Waals surface area contributed by atoms with Crippen LogP contribution in [-0.4, -0.2) is 33.0 Å². The van der Waals surface area contributed by atoms with Crippen LogP contribution in [0.5, 0.6) is 5.88 Å². The van der Waals surface area contributed by atoms with Crippen LogP contribution in [0.1, 0.15) is 16.1 Å². The zero-order chi connectivity index (χ0) is 19.6. The topological polar surface area (TPSA) is 81.9 Å². The Hall–Kier alpha value is -2.70. The van der Waals surface area contributed by atoms with E-state index in [1.54, 1.807) is 24.3 Å². The van der Waals surface area contributed by atoms with Gasteiger partial charge in [0.25, 0.3) is 5.91 Å². The molecule has 0 spiro atoms. The first-order valence-electron chi connectivity index (χ1n) is 7.40. The van der Waals surface area contributed by atoms with Crippen LogP contribution in [0.15, 0.2) is 42.6 Å². The highest BCUT2D eigenvalue weighted by molar-refractivity contribution is 14.1.